The van der Waals surface area contributed by atoms with Crippen molar-refractivity contribution >= 4 is 11.7 Å². The molecule has 2 heterocycles. The molecule has 1 aliphatic heterocycles. The Kier molecular flexibility index (Phi) is 5.63. The molecule has 1 aliphatic rings. The van der Waals surface area contributed by atoms with Gasteiger partial charge in [-0.2, -0.15) is 0 Å². The second-order valence-electron chi connectivity index (χ2n) is 6.44. The summed E-state index contributed by atoms with van der Waals surface area (Å²) in [4.78, 5) is 16.5. The second-order valence-corrected chi connectivity index (χ2v) is 6.44. The molecule has 1 saturated heterocycles. The number of anilines is 1. The molecule has 1 atom stereocenters. The minimum Gasteiger partial charge on any atom is -0.493 e. The van der Waals surface area contributed by atoms with Gasteiger partial charge in [-0.3, -0.25) is 4.79 Å². The van der Waals surface area contributed by atoms with Gasteiger partial charge in [-0.05, 0) is 18.2 Å². The van der Waals surface area contributed by atoms with Gasteiger partial charge in [0.2, 0.25) is 5.88 Å². The van der Waals surface area contributed by atoms with Crippen molar-refractivity contribution in [1.82, 2.24) is 15.1 Å². The number of ether oxygens (including phenoxy) is 3. The van der Waals surface area contributed by atoms with E-state index in [1.807, 2.05) is 25.1 Å². The highest BCUT2D eigenvalue weighted by molar-refractivity contribution is 5.98. The standard InChI is InChI=1S/C19H24N4O4/c1-22(2)16-8-9-17(21-20-16)27-13-10-11-23(12-13)19(24)14-6-5-7-15(25-3)18(14)26-4/h5-9,13H,10-12H2,1-4H3. The third-order valence-electron chi connectivity index (χ3n) is 4.44. The van der Waals surface area contributed by atoms with Crippen LogP contribution in [0.1, 0.15) is 16.8 Å². The van der Waals surface area contributed by atoms with Gasteiger partial charge in [0.05, 0.1) is 26.3 Å². The smallest absolute Gasteiger partial charge is 0.257 e. The van der Waals surface area contributed by atoms with Crippen molar-refractivity contribution in [2.75, 3.05) is 46.3 Å². The average Bonchev–Trinajstić information content (AvgIpc) is 3.15. The molecule has 0 N–H and O–H groups in total. The quantitative estimate of drug-likeness (QED) is 0.766. The molecule has 1 fully saturated rings. The van der Waals surface area contributed by atoms with Crippen LogP contribution in [-0.4, -0.2) is 68.5 Å². The minimum absolute atomic E-state index is 0.106. The van der Waals surface area contributed by atoms with Crippen LogP contribution in [0.25, 0.3) is 0 Å². The number of carbonyl (C=O) groups is 1. The van der Waals surface area contributed by atoms with E-state index < -0.39 is 0 Å². The predicted octanol–water partition coefficient (Wildman–Crippen LogP) is 1.85. The van der Waals surface area contributed by atoms with Crippen molar-refractivity contribution in [3.8, 4) is 17.4 Å². The van der Waals surface area contributed by atoms with Crippen LogP contribution in [0.15, 0.2) is 30.3 Å². The highest BCUT2D eigenvalue weighted by Gasteiger charge is 2.30. The minimum atomic E-state index is -0.120. The first-order chi connectivity index (χ1) is 13.0. The number of benzene rings is 1. The SMILES string of the molecule is COc1cccc(C(=O)N2CCC(Oc3ccc(N(C)C)nn3)C2)c1OC. The fourth-order valence-corrected chi connectivity index (χ4v) is 3.02. The second kappa shape index (κ2) is 8.11. The number of amides is 1. The first kappa shape index (κ1) is 18.8. The first-order valence-corrected chi connectivity index (χ1v) is 8.71. The summed E-state index contributed by atoms with van der Waals surface area (Å²) in [6, 6.07) is 8.92. The molecule has 0 radical (unpaired) electrons. The van der Waals surface area contributed by atoms with Crippen molar-refractivity contribution in [2.45, 2.75) is 12.5 Å². The van der Waals surface area contributed by atoms with Crippen LogP contribution in [0, 0.1) is 0 Å². The summed E-state index contributed by atoms with van der Waals surface area (Å²) in [5, 5.41) is 8.19. The van der Waals surface area contributed by atoms with Crippen molar-refractivity contribution in [1.29, 1.82) is 0 Å². The van der Waals surface area contributed by atoms with Gasteiger partial charge in [-0.15, -0.1) is 10.2 Å². The maximum absolute atomic E-state index is 12.9. The molecule has 0 aliphatic carbocycles. The number of hydrogen-bond donors (Lipinski definition) is 0. The molecule has 0 bridgehead atoms. The third-order valence-corrected chi connectivity index (χ3v) is 4.44. The molecule has 8 heteroatoms. The third kappa shape index (κ3) is 4.05. The van der Waals surface area contributed by atoms with Gasteiger partial charge in [0.1, 0.15) is 6.10 Å². The highest BCUT2D eigenvalue weighted by atomic mass is 16.5. The summed E-state index contributed by atoms with van der Waals surface area (Å²) in [5.41, 5.74) is 0.479. The van der Waals surface area contributed by atoms with Gasteiger partial charge in [0.15, 0.2) is 17.3 Å². The maximum atomic E-state index is 12.9. The van der Waals surface area contributed by atoms with Gasteiger partial charge >= 0.3 is 0 Å². The Labute approximate surface area is 158 Å². The summed E-state index contributed by atoms with van der Waals surface area (Å²) >= 11 is 0. The Morgan fingerprint density at radius 2 is 1.96 bits per heavy atom. The summed E-state index contributed by atoms with van der Waals surface area (Å²) in [7, 11) is 6.88. The lowest BCUT2D eigenvalue weighted by Crippen LogP contribution is -2.31. The van der Waals surface area contributed by atoms with Crippen LogP contribution in [0.4, 0.5) is 5.82 Å². The zero-order valence-corrected chi connectivity index (χ0v) is 16.0. The zero-order chi connectivity index (χ0) is 19.4. The summed E-state index contributed by atoms with van der Waals surface area (Å²) in [5.74, 6) is 2.09. The zero-order valence-electron chi connectivity index (χ0n) is 16.0. The summed E-state index contributed by atoms with van der Waals surface area (Å²) in [6.45, 7) is 1.09. The lowest BCUT2D eigenvalue weighted by Gasteiger charge is -2.19. The Bertz CT molecular complexity index is 795. The highest BCUT2D eigenvalue weighted by Crippen LogP contribution is 2.32. The number of methoxy groups -OCH3 is 2. The van der Waals surface area contributed by atoms with Crippen LogP contribution in [-0.2, 0) is 0 Å². The van der Waals surface area contributed by atoms with Gasteiger partial charge in [-0.1, -0.05) is 6.07 Å². The Hall–Kier alpha value is -3.03. The first-order valence-electron chi connectivity index (χ1n) is 8.71. The van der Waals surface area contributed by atoms with Crippen LogP contribution >= 0.6 is 0 Å². The summed E-state index contributed by atoms with van der Waals surface area (Å²) in [6.07, 6.45) is 0.611. The molecule has 2 aromatic rings. The number of para-hydroxylation sites is 1. The number of aromatic nitrogens is 2. The van der Waals surface area contributed by atoms with Gasteiger partial charge in [-0.25, -0.2) is 0 Å². The number of likely N-dealkylation sites (tertiary alicyclic amines) is 1. The van der Waals surface area contributed by atoms with Gasteiger partial charge < -0.3 is 24.0 Å². The predicted molar refractivity (Wildman–Crippen MR) is 101 cm³/mol. The fraction of sp³-hybridized carbons (Fsp3) is 0.421. The van der Waals surface area contributed by atoms with E-state index in [4.69, 9.17) is 14.2 Å². The molecule has 8 nitrogen and oxygen atoms in total. The Morgan fingerprint density at radius 3 is 2.59 bits per heavy atom. The molecule has 0 saturated carbocycles. The maximum Gasteiger partial charge on any atom is 0.257 e. The normalized spacial score (nSPS) is 16.1. The van der Waals surface area contributed by atoms with E-state index in [-0.39, 0.29) is 12.0 Å². The average molecular weight is 372 g/mol. The van der Waals surface area contributed by atoms with Crippen LogP contribution < -0.4 is 19.1 Å². The molecule has 1 amide bonds. The molecule has 1 aromatic carbocycles. The van der Waals surface area contributed by atoms with Crippen molar-refractivity contribution in [2.24, 2.45) is 0 Å². The molecule has 0 spiro atoms. The number of nitrogens with zero attached hydrogens (tertiary/aromatic N) is 4. The van der Waals surface area contributed by atoms with Crippen LogP contribution in [0.2, 0.25) is 0 Å². The van der Waals surface area contributed by atoms with E-state index >= 15 is 0 Å². The van der Waals surface area contributed by atoms with Crippen molar-refractivity contribution in [3.63, 3.8) is 0 Å². The number of rotatable bonds is 6. The van der Waals surface area contributed by atoms with E-state index in [1.54, 1.807) is 36.3 Å². The van der Waals surface area contributed by atoms with Gasteiger partial charge in [0.25, 0.3) is 5.91 Å². The van der Waals surface area contributed by atoms with E-state index in [0.717, 1.165) is 12.2 Å². The van der Waals surface area contributed by atoms with Crippen LogP contribution in [0.3, 0.4) is 0 Å². The van der Waals surface area contributed by atoms with Crippen LogP contribution in [0.5, 0.6) is 17.4 Å². The molecule has 1 aromatic heterocycles. The Balaban J connectivity index is 1.66. The Morgan fingerprint density at radius 1 is 1.15 bits per heavy atom. The van der Waals surface area contributed by atoms with E-state index in [2.05, 4.69) is 10.2 Å². The van der Waals surface area contributed by atoms with Gasteiger partial charge in [0, 0.05) is 33.1 Å². The molecule has 1 unspecified atom stereocenters. The summed E-state index contributed by atoms with van der Waals surface area (Å²) < 4.78 is 16.5. The molecule has 3 rings (SSSR count). The monoisotopic (exact) mass is 372 g/mol. The lowest BCUT2D eigenvalue weighted by atomic mass is 10.1. The number of hydrogen-bond acceptors (Lipinski definition) is 7. The largest absolute Gasteiger partial charge is 0.493 e. The van der Waals surface area contributed by atoms with E-state index in [0.29, 0.717) is 36.0 Å². The molecular weight excluding hydrogens is 348 g/mol. The molecule has 144 valence electrons. The van der Waals surface area contributed by atoms with Crippen molar-refractivity contribution in [3.05, 3.63) is 35.9 Å². The lowest BCUT2D eigenvalue weighted by molar-refractivity contribution is 0.0767. The molecule has 27 heavy (non-hydrogen) atoms. The number of carbonyl (C=O) groups excluding carboxylic acids is 1. The fourth-order valence-electron chi connectivity index (χ4n) is 3.02. The van der Waals surface area contributed by atoms with E-state index in [9.17, 15) is 4.79 Å². The topological polar surface area (TPSA) is 77.0 Å². The molecular formula is C19H24N4O4. The van der Waals surface area contributed by atoms with E-state index in [1.165, 1.54) is 7.11 Å². The van der Waals surface area contributed by atoms with Crippen molar-refractivity contribution < 1.29 is 19.0 Å².